The van der Waals surface area contributed by atoms with E-state index in [4.69, 9.17) is 0 Å². The molecule has 1 atom stereocenters. The van der Waals surface area contributed by atoms with E-state index in [2.05, 4.69) is 31.4 Å². The molecule has 1 aromatic rings. The summed E-state index contributed by atoms with van der Waals surface area (Å²) in [5.41, 5.74) is 0. The standard InChI is InChI=1S/C12H20S/c1-3-6-11(4-2)8-9-12-7-5-10-13-12/h5,7,10-11H,3-4,6,8-9H2,1-2H3. The molecule has 0 fully saturated rings. The second-order valence-electron chi connectivity index (χ2n) is 3.68. The van der Waals surface area contributed by atoms with Crippen LogP contribution in [0.15, 0.2) is 17.5 Å². The van der Waals surface area contributed by atoms with Crippen LogP contribution in [-0.2, 0) is 6.42 Å². The molecule has 0 saturated carbocycles. The highest BCUT2D eigenvalue weighted by Gasteiger charge is 2.05. The molecule has 0 aliphatic carbocycles. The summed E-state index contributed by atoms with van der Waals surface area (Å²) < 4.78 is 0. The van der Waals surface area contributed by atoms with Crippen molar-refractivity contribution in [3.8, 4) is 0 Å². The SMILES string of the molecule is CCCC(CC)CCc1cccs1. The molecule has 1 rings (SSSR count). The maximum absolute atomic E-state index is 2.31. The van der Waals surface area contributed by atoms with Crippen LogP contribution in [0.5, 0.6) is 0 Å². The van der Waals surface area contributed by atoms with Gasteiger partial charge in [-0.2, -0.15) is 0 Å². The van der Waals surface area contributed by atoms with Crippen molar-refractivity contribution in [2.75, 3.05) is 0 Å². The molecule has 0 N–H and O–H groups in total. The molecule has 0 spiro atoms. The van der Waals surface area contributed by atoms with Crippen molar-refractivity contribution in [1.29, 1.82) is 0 Å². The van der Waals surface area contributed by atoms with Crippen LogP contribution >= 0.6 is 11.3 Å². The van der Waals surface area contributed by atoms with Crippen molar-refractivity contribution in [2.45, 2.75) is 46.0 Å². The predicted octanol–water partition coefficient (Wildman–Crippen LogP) is 4.51. The van der Waals surface area contributed by atoms with Crippen LogP contribution in [0.4, 0.5) is 0 Å². The van der Waals surface area contributed by atoms with Crippen molar-refractivity contribution in [3.63, 3.8) is 0 Å². The summed E-state index contributed by atoms with van der Waals surface area (Å²) in [4.78, 5) is 1.55. The molecule has 0 aliphatic heterocycles. The second-order valence-corrected chi connectivity index (χ2v) is 4.71. The fourth-order valence-electron chi connectivity index (χ4n) is 1.76. The van der Waals surface area contributed by atoms with Gasteiger partial charge in [0, 0.05) is 4.88 Å². The maximum atomic E-state index is 2.31. The molecule has 1 heteroatoms. The van der Waals surface area contributed by atoms with E-state index in [9.17, 15) is 0 Å². The third-order valence-corrected chi connectivity index (χ3v) is 3.59. The van der Waals surface area contributed by atoms with Crippen LogP contribution in [0.25, 0.3) is 0 Å². The van der Waals surface area contributed by atoms with Gasteiger partial charge in [-0.25, -0.2) is 0 Å². The molecule has 0 aromatic carbocycles. The molecule has 0 amide bonds. The predicted molar refractivity (Wildman–Crippen MR) is 61.3 cm³/mol. The summed E-state index contributed by atoms with van der Waals surface area (Å²) in [6.07, 6.45) is 6.76. The van der Waals surface area contributed by atoms with Gasteiger partial charge in [0.2, 0.25) is 0 Å². The van der Waals surface area contributed by atoms with E-state index in [1.807, 2.05) is 11.3 Å². The lowest BCUT2D eigenvalue weighted by atomic mass is 9.95. The van der Waals surface area contributed by atoms with Crippen LogP contribution in [0.3, 0.4) is 0 Å². The second kappa shape index (κ2) is 6.20. The van der Waals surface area contributed by atoms with E-state index in [1.165, 1.54) is 32.1 Å². The minimum atomic E-state index is 0.951. The molecule has 0 nitrogen and oxygen atoms in total. The molecule has 13 heavy (non-hydrogen) atoms. The smallest absolute Gasteiger partial charge is 0.00453 e. The first-order valence-electron chi connectivity index (χ1n) is 5.39. The summed E-state index contributed by atoms with van der Waals surface area (Å²) >= 11 is 1.89. The minimum Gasteiger partial charge on any atom is -0.149 e. The van der Waals surface area contributed by atoms with Crippen LogP contribution in [0.1, 0.15) is 44.4 Å². The molecule has 0 bridgehead atoms. The van der Waals surface area contributed by atoms with Crippen molar-refractivity contribution < 1.29 is 0 Å². The van der Waals surface area contributed by atoms with Gasteiger partial charge < -0.3 is 0 Å². The number of rotatable bonds is 6. The Balaban J connectivity index is 2.23. The van der Waals surface area contributed by atoms with Crippen LogP contribution in [-0.4, -0.2) is 0 Å². The van der Waals surface area contributed by atoms with Crippen LogP contribution in [0.2, 0.25) is 0 Å². The van der Waals surface area contributed by atoms with Gasteiger partial charge in [0.15, 0.2) is 0 Å². The fraction of sp³-hybridized carbons (Fsp3) is 0.667. The number of thiophene rings is 1. The Hall–Kier alpha value is -0.300. The highest BCUT2D eigenvalue weighted by molar-refractivity contribution is 7.09. The van der Waals surface area contributed by atoms with Gasteiger partial charge in [-0.05, 0) is 30.2 Å². The molecular weight excluding hydrogens is 176 g/mol. The van der Waals surface area contributed by atoms with Gasteiger partial charge in [0.25, 0.3) is 0 Å². The maximum Gasteiger partial charge on any atom is 0.00453 e. The Labute approximate surface area is 86.0 Å². The zero-order valence-corrected chi connectivity index (χ0v) is 9.57. The highest BCUT2D eigenvalue weighted by Crippen LogP contribution is 2.20. The Morgan fingerprint density at radius 1 is 1.31 bits per heavy atom. The van der Waals surface area contributed by atoms with E-state index in [1.54, 1.807) is 4.88 Å². The summed E-state index contributed by atoms with van der Waals surface area (Å²) in [5.74, 6) is 0.951. The summed E-state index contributed by atoms with van der Waals surface area (Å²) in [5, 5.41) is 2.18. The van der Waals surface area contributed by atoms with Crippen molar-refractivity contribution in [3.05, 3.63) is 22.4 Å². The first-order valence-corrected chi connectivity index (χ1v) is 6.27. The lowest BCUT2D eigenvalue weighted by molar-refractivity contribution is 0.434. The highest BCUT2D eigenvalue weighted by atomic mass is 32.1. The lowest BCUT2D eigenvalue weighted by Gasteiger charge is -2.12. The van der Waals surface area contributed by atoms with Gasteiger partial charge in [0.1, 0.15) is 0 Å². The van der Waals surface area contributed by atoms with E-state index in [0.717, 1.165) is 5.92 Å². The lowest BCUT2D eigenvalue weighted by Crippen LogP contribution is -1.99. The topological polar surface area (TPSA) is 0 Å². The number of aryl methyl sites for hydroxylation is 1. The van der Waals surface area contributed by atoms with Crippen LogP contribution < -0.4 is 0 Å². The molecule has 74 valence electrons. The number of hydrogen-bond donors (Lipinski definition) is 0. The molecule has 1 aromatic heterocycles. The van der Waals surface area contributed by atoms with E-state index >= 15 is 0 Å². The zero-order valence-electron chi connectivity index (χ0n) is 8.75. The third kappa shape index (κ3) is 3.95. The fourth-order valence-corrected chi connectivity index (χ4v) is 2.49. The molecule has 0 radical (unpaired) electrons. The monoisotopic (exact) mass is 196 g/mol. The Morgan fingerprint density at radius 2 is 2.15 bits per heavy atom. The quantitative estimate of drug-likeness (QED) is 0.628. The molecule has 0 saturated heterocycles. The Bertz CT molecular complexity index is 201. The first kappa shape index (κ1) is 10.8. The third-order valence-electron chi connectivity index (χ3n) is 2.65. The van der Waals surface area contributed by atoms with Gasteiger partial charge >= 0.3 is 0 Å². The van der Waals surface area contributed by atoms with E-state index < -0.39 is 0 Å². The van der Waals surface area contributed by atoms with Gasteiger partial charge in [-0.15, -0.1) is 11.3 Å². The molecular formula is C12H20S. The Kier molecular flexibility index (Phi) is 5.14. The summed E-state index contributed by atoms with van der Waals surface area (Å²) in [7, 11) is 0. The minimum absolute atomic E-state index is 0.951. The number of hydrogen-bond acceptors (Lipinski definition) is 1. The van der Waals surface area contributed by atoms with Crippen molar-refractivity contribution in [2.24, 2.45) is 5.92 Å². The van der Waals surface area contributed by atoms with E-state index in [-0.39, 0.29) is 0 Å². The van der Waals surface area contributed by atoms with Gasteiger partial charge in [0.05, 0.1) is 0 Å². The normalized spacial score (nSPS) is 13.1. The van der Waals surface area contributed by atoms with Gasteiger partial charge in [-0.3, -0.25) is 0 Å². The van der Waals surface area contributed by atoms with Crippen molar-refractivity contribution >= 4 is 11.3 Å². The average Bonchev–Trinajstić information content (AvgIpc) is 2.64. The van der Waals surface area contributed by atoms with Crippen molar-refractivity contribution in [1.82, 2.24) is 0 Å². The van der Waals surface area contributed by atoms with Gasteiger partial charge in [-0.1, -0.05) is 39.2 Å². The summed E-state index contributed by atoms with van der Waals surface area (Å²) in [6, 6.07) is 4.41. The average molecular weight is 196 g/mol. The summed E-state index contributed by atoms with van der Waals surface area (Å²) in [6.45, 7) is 4.60. The molecule has 1 unspecified atom stereocenters. The van der Waals surface area contributed by atoms with Crippen LogP contribution in [0, 0.1) is 5.92 Å². The zero-order chi connectivity index (χ0) is 9.52. The molecule has 1 heterocycles. The molecule has 0 aliphatic rings. The van der Waals surface area contributed by atoms with E-state index in [0.29, 0.717) is 0 Å². The Morgan fingerprint density at radius 3 is 2.69 bits per heavy atom. The largest absolute Gasteiger partial charge is 0.149 e. The first-order chi connectivity index (χ1) is 6.36.